The first-order valence-corrected chi connectivity index (χ1v) is 6.78. The lowest BCUT2D eigenvalue weighted by molar-refractivity contribution is 0.475. The van der Waals surface area contributed by atoms with Crippen LogP contribution in [0.1, 0.15) is 11.3 Å². The highest BCUT2D eigenvalue weighted by molar-refractivity contribution is 6.30. The van der Waals surface area contributed by atoms with E-state index in [2.05, 4.69) is 15.2 Å². The Morgan fingerprint density at radius 2 is 1.95 bits per heavy atom. The Balaban J connectivity index is 2.06. The molecule has 1 aromatic carbocycles. The topological polar surface area (TPSA) is 62.2 Å². The van der Waals surface area contributed by atoms with Crippen LogP contribution in [0.25, 0.3) is 5.65 Å². The number of nitrogens with zero attached hydrogens (tertiary/aromatic N) is 4. The highest BCUT2D eigenvalue weighted by Crippen LogP contribution is 2.27. The Bertz CT molecular complexity index is 854. The first-order valence-electron chi connectivity index (χ1n) is 6.40. The van der Waals surface area contributed by atoms with Crippen LogP contribution in [-0.2, 0) is 0 Å². The predicted molar refractivity (Wildman–Crippen MR) is 82.0 cm³/mol. The average molecular weight is 301 g/mol. The fourth-order valence-corrected chi connectivity index (χ4v) is 2.26. The van der Waals surface area contributed by atoms with Crippen molar-refractivity contribution in [2.24, 2.45) is 10.2 Å². The van der Waals surface area contributed by atoms with Gasteiger partial charge in [0.1, 0.15) is 11.4 Å². The molecule has 3 rings (SSSR count). The fraction of sp³-hybridized carbons (Fsp3) is 0.133. The minimum Gasteiger partial charge on any atom is -0.508 e. The van der Waals surface area contributed by atoms with E-state index in [1.807, 2.05) is 19.9 Å². The third-order valence-corrected chi connectivity index (χ3v) is 3.38. The smallest absolute Gasteiger partial charge is 0.182 e. The predicted octanol–water partition coefficient (Wildman–Crippen LogP) is 4.73. The molecule has 0 unspecified atom stereocenters. The van der Waals surface area contributed by atoms with Gasteiger partial charge in [-0.1, -0.05) is 11.6 Å². The lowest BCUT2D eigenvalue weighted by atomic mass is 10.2. The van der Waals surface area contributed by atoms with Crippen LogP contribution in [0.15, 0.2) is 46.8 Å². The Hall–Kier alpha value is -2.40. The number of rotatable bonds is 2. The van der Waals surface area contributed by atoms with Crippen molar-refractivity contribution in [3.05, 3.63) is 52.8 Å². The molecule has 3 aromatic rings. The largest absolute Gasteiger partial charge is 0.508 e. The summed E-state index contributed by atoms with van der Waals surface area (Å²) in [6, 6.07) is 8.57. The number of aromatic hydroxyl groups is 1. The van der Waals surface area contributed by atoms with Gasteiger partial charge in [-0.25, -0.2) is 4.98 Å². The van der Waals surface area contributed by atoms with Gasteiger partial charge in [0.2, 0.25) is 0 Å². The summed E-state index contributed by atoms with van der Waals surface area (Å²) in [6.45, 7) is 3.74. The Morgan fingerprint density at radius 3 is 2.71 bits per heavy atom. The van der Waals surface area contributed by atoms with Gasteiger partial charge in [-0.15, -0.1) is 10.2 Å². The van der Waals surface area contributed by atoms with Crippen LogP contribution in [-0.4, -0.2) is 14.5 Å². The van der Waals surface area contributed by atoms with Gasteiger partial charge in [-0.3, -0.25) is 4.40 Å². The second kappa shape index (κ2) is 5.18. The molecule has 21 heavy (non-hydrogen) atoms. The molecular formula is C15H13ClN4O. The van der Waals surface area contributed by atoms with E-state index in [0.717, 1.165) is 16.9 Å². The highest BCUT2D eigenvalue weighted by Gasteiger charge is 2.08. The number of hydrogen-bond donors (Lipinski definition) is 1. The van der Waals surface area contributed by atoms with Crippen molar-refractivity contribution in [2.45, 2.75) is 13.8 Å². The van der Waals surface area contributed by atoms with Crippen molar-refractivity contribution in [2.75, 3.05) is 0 Å². The van der Waals surface area contributed by atoms with E-state index in [9.17, 15) is 5.11 Å². The second-order valence-electron chi connectivity index (χ2n) is 4.77. The second-order valence-corrected chi connectivity index (χ2v) is 5.20. The molecule has 2 aromatic heterocycles. The summed E-state index contributed by atoms with van der Waals surface area (Å²) in [5, 5.41) is 18.5. The van der Waals surface area contributed by atoms with Gasteiger partial charge in [-0.05, 0) is 49.7 Å². The summed E-state index contributed by atoms with van der Waals surface area (Å²) in [5.41, 5.74) is 3.10. The SMILES string of the molecule is Cc1cc(O)ccc1N=Nc1c(C)nc2ccc(Cl)cn12. The Labute approximate surface area is 126 Å². The van der Waals surface area contributed by atoms with Crippen molar-refractivity contribution in [3.63, 3.8) is 0 Å². The summed E-state index contributed by atoms with van der Waals surface area (Å²) in [5.74, 6) is 0.851. The quantitative estimate of drug-likeness (QED) is 0.696. The molecule has 0 saturated carbocycles. The molecule has 1 N–H and O–H groups in total. The van der Waals surface area contributed by atoms with Crippen LogP contribution in [0.5, 0.6) is 5.75 Å². The molecule has 5 nitrogen and oxygen atoms in total. The maximum absolute atomic E-state index is 9.40. The van der Waals surface area contributed by atoms with Crippen molar-refractivity contribution >= 4 is 28.8 Å². The van der Waals surface area contributed by atoms with Crippen LogP contribution in [0.4, 0.5) is 11.5 Å². The molecule has 0 saturated heterocycles. The summed E-state index contributed by atoms with van der Waals surface area (Å²) in [6.07, 6.45) is 1.76. The zero-order valence-corrected chi connectivity index (χ0v) is 12.3. The number of pyridine rings is 1. The third kappa shape index (κ3) is 2.60. The van der Waals surface area contributed by atoms with E-state index in [1.165, 1.54) is 0 Å². The van der Waals surface area contributed by atoms with E-state index in [0.29, 0.717) is 16.5 Å². The summed E-state index contributed by atoms with van der Waals surface area (Å²) < 4.78 is 1.80. The number of fused-ring (bicyclic) bond motifs is 1. The minimum atomic E-state index is 0.212. The lowest BCUT2D eigenvalue weighted by Gasteiger charge is -2.00. The molecule has 0 amide bonds. The summed E-state index contributed by atoms with van der Waals surface area (Å²) >= 11 is 6.01. The van der Waals surface area contributed by atoms with Gasteiger partial charge in [0.05, 0.1) is 16.4 Å². The van der Waals surface area contributed by atoms with Crippen molar-refractivity contribution in [1.29, 1.82) is 0 Å². The molecule has 0 radical (unpaired) electrons. The standard InChI is InChI=1S/C15H13ClN4O/c1-9-7-12(21)4-5-13(9)18-19-15-10(2)17-14-6-3-11(16)8-20(14)15/h3-8,21H,1-2H3. The number of benzene rings is 1. The van der Waals surface area contributed by atoms with Crippen molar-refractivity contribution in [3.8, 4) is 5.75 Å². The Kier molecular flexibility index (Phi) is 3.35. The molecule has 0 fully saturated rings. The molecule has 0 bridgehead atoms. The van der Waals surface area contributed by atoms with E-state index >= 15 is 0 Å². The van der Waals surface area contributed by atoms with Gasteiger partial charge < -0.3 is 5.11 Å². The van der Waals surface area contributed by atoms with Gasteiger partial charge in [0.25, 0.3) is 0 Å². The number of aryl methyl sites for hydroxylation is 2. The first-order chi connectivity index (χ1) is 10.0. The number of aromatic nitrogens is 2. The molecular weight excluding hydrogens is 288 g/mol. The Morgan fingerprint density at radius 1 is 1.14 bits per heavy atom. The number of imidazole rings is 1. The monoisotopic (exact) mass is 300 g/mol. The van der Waals surface area contributed by atoms with E-state index in [-0.39, 0.29) is 5.75 Å². The fourth-order valence-electron chi connectivity index (χ4n) is 2.10. The zero-order chi connectivity index (χ0) is 15.0. The molecule has 2 heterocycles. The van der Waals surface area contributed by atoms with E-state index < -0.39 is 0 Å². The molecule has 0 aliphatic carbocycles. The van der Waals surface area contributed by atoms with Crippen LogP contribution in [0, 0.1) is 13.8 Å². The van der Waals surface area contributed by atoms with Crippen LogP contribution >= 0.6 is 11.6 Å². The first kappa shape index (κ1) is 13.6. The van der Waals surface area contributed by atoms with Crippen molar-refractivity contribution < 1.29 is 5.11 Å². The van der Waals surface area contributed by atoms with Crippen LogP contribution in [0.2, 0.25) is 5.02 Å². The molecule has 0 aliphatic rings. The van der Waals surface area contributed by atoms with Gasteiger partial charge in [-0.2, -0.15) is 0 Å². The normalized spacial score (nSPS) is 11.6. The number of phenolic OH excluding ortho intramolecular Hbond substituents is 1. The lowest BCUT2D eigenvalue weighted by Crippen LogP contribution is -1.82. The highest BCUT2D eigenvalue weighted by atomic mass is 35.5. The van der Waals surface area contributed by atoms with Gasteiger partial charge in [0.15, 0.2) is 5.82 Å². The molecule has 106 valence electrons. The van der Waals surface area contributed by atoms with Gasteiger partial charge in [0, 0.05) is 6.20 Å². The number of hydrogen-bond acceptors (Lipinski definition) is 4. The third-order valence-electron chi connectivity index (χ3n) is 3.16. The summed E-state index contributed by atoms with van der Waals surface area (Å²) in [7, 11) is 0. The average Bonchev–Trinajstić information content (AvgIpc) is 2.73. The number of azo groups is 1. The maximum atomic E-state index is 9.40. The minimum absolute atomic E-state index is 0.212. The molecule has 6 heteroatoms. The number of phenols is 1. The summed E-state index contributed by atoms with van der Waals surface area (Å²) in [4.78, 5) is 4.41. The van der Waals surface area contributed by atoms with Crippen LogP contribution in [0.3, 0.4) is 0 Å². The molecule has 0 atom stereocenters. The molecule has 0 aliphatic heterocycles. The van der Waals surface area contributed by atoms with Crippen LogP contribution < -0.4 is 0 Å². The van der Waals surface area contributed by atoms with Crippen molar-refractivity contribution in [1.82, 2.24) is 9.38 Å². The molecule has 0 spiro atoms. The zero-order valence-electron chi connectivity index (χ0n) is 11.6. The number of halogens is 1. The van der Waals surface area contributed by atoms with E-state index in [1.54, 1.807) is 34.9 Å². The maximum Gasteiger partial charge on any atom is 0.182 e. The van der Waals surface area contributed by atoms with E-state index in [4.69, 9.17) is 11.6 Å². The van der Waals surface area contributed by atoms with Gasteiger partial charge >= 0.3 is 0 Å².